The second-order valence-electron chi connectivity index (χ2n) is 6.57. The molecule has 140 valence electrons. The molecule has 2 aromatic carbocycles. The van der Waals surface area contributed by atoms with Crippen molar-refractivity contribution >= 4 is 27.3 Å². The molecule has 0 aliphatic carbocycles. The van der Waals surface area contributed by atoms with Gasteiger partial charge >= 0.3 is 0 Å². The quantitative estimate of drug-likeness (QED) is 0.840. The lowest BCUT2D eigenvalue weighted by Crippen LogP contribution is -2.38. The fourth-order valence-electron chi connectivity index (χ4n) is 2.88. The second-order valence-corrected chi connectivity index (χ2v) is 8.48. The number of benzene rings is 2. The number of amides is 1. The molecule has 0 saturated heterocycles. The van der Waals surface area contributed by atoms with Gasteiger partial charge in [-0.3, -0.25) is 9.10 Å². The summed E-state index contributed by atoms with van der Waals surface area (Å²) in [5, 5.41) is 2.89. The standard InChI is InChI=1S/C20H26N2O3S/c1-6-17-9-7-8-16(4)20(17)21-19(23)13-22(26(5,24)25)18-12-14(2)10-11-15(18)3/h7-12H,6,13H2,1-5H3,(H,21,23). The number of nitrogens with one attached hydrogen (secondary N) is 1. The second kappa shape index (κ2) is 7.91. The Kier molecular flexibility index (Phi) is 6.08. The van der Waals surface area contributed by atoms with Crippen LogP contribution < -0.4 is 9.62 Å². The minimum atomic E-state index is -3.60. The van der Waals surface area contributed by atoms with Crippen molar-refractivity contribution in [3.05, 3.63) is 58.7 Å². The Morgan fingerprint density at radius 1 is 1.08 bits per heavy atom. The highest BCUT2D eigenvalue weighted by Gasteiger charge is 2.23. The van der Waals surface area contributed by atoms with Gasteiger partial charge in [-0.05, 0) is 55.5 Å². The monoisotopic (exact) mass is 374 g/mol. The Balaban J connectivity index is 2.33. The number of rotatable bonds is 6. The zero-order chi connectivity index (χ0) is 19.5. The average molecular weight is 375 g/mol. The number of hydrogen-bond acceptors (Lipinski definition) is 3. The van der Waals surface area contributed by atoms with Crippen molar-refractivity contribution in [3.63, 3.8) is 0 Å². The summed E-state index contributed by atoms with van der Waals surface area (Å²) in [5.41, 5.74) is 5.01. The molecule has 0 fully saturated rings. The number of carbonyl (C=O) groups excluding carboxylic acids is 1. The molecule has 1 N–H and O–H groups in total. The maximum absolute atomic E-state index is 12.6. The smallest absolute Gasteiger partial charge is 0.245 e. The van der Waals surface area contributed by atoms with Gasteiger partial charge < -0.3 is 5.32 Å². The zero-order valence-electron chi connectivity index (χ0n) is 16.0. The van der Waals surface area contributed by atoms with Gasteiger partial charge in [0.05, 0.1) is 11.9 Å². The van der Waals surface area contributed by atoms with Gasteiger partial charge in [0.2, 0.25) is 15.9 Å². The van der Waals surface area contributed by atoms with E-state index in [0.29, 0.717) is 5.69 Å². The van der Waals surface area contributed by atoms with Gasteiger partial charge in [-0.2, -0.15) is 0 Å². The third-order valence-corrected chi connectivity index (χ3v) is 5.45. The summed E-state index contributed by atoms with van der Waals surface area (Å²) >= 11 is 0. The summed E-state index contributed by atoms with van der Waals surface area (Å²) in [6.07, 6.45) is 1.90. The minimum Gasteiger partial charge on any atom is -0.324 e. The molecule has 5 nitrogen and oxygen atoms in total. The summed E-state index contributed by atoms with van der Waals surface area (Å²) in [6, 6.07) is 11.4. The van der Waals surface area contributed by atoms with Crippen molar-refractivity contribution in [3.8, 4) is 0 Å². The van der Waals surface area contributed by atoms with Crippen LogP contribution >= 0.6 is 0 Å². The van der Waals surface area contributed by atoms with Crippen LogP contribution in [0.1, 0.15) is 29.2 Å². The molecule has 6 heteroatoms. The Morgan fingerprint density at radius 3 is 2.38 bits per heavy atom. The Morgan fingerprint density at radius 2 is 1.77 bits per heavy atom. The van der Waals surface area contributed by atoms with Crippen LogP contribution in [0.5, 0.6) is 0 Å². The van der Waals surface area contributed by atoms with Crippen molar-refractivity contribution in [2.75, 3.05) is 22.4 Å². The fourth-order valence-corrected chi connectivity index (χ4v) is 3.79. The summed E-state index contributed by atoms with van der Waals surface area (Å²) in [4.78, 5) is 12.6. The normalized spacial score (nSPS) is 11.3. The lowest BCUT2D eigenvalue weighted by Gasteiger charge is -2.24. The minimum absolute atomic E-state index is 0.263. The lowest BCUT2D eigenvalue weighted by molar-refractivity contribution is -0.114. The van der Waals surface area contributed by atoms with Crippen LogP contribution in [0.15, 0.2) is 36.4 Å². The molecule has 0 heterocycles. The highest BCUT2D eigenvalue weighted by molar-refractivity contribution is 7.92. The molecule has 0 atom stereocenters. The van der Waals surface area contributed by atoms with E-state index < -0.39 is 10.0 Å². The van der Waals surface area contributed by atoms with E-state index in [4.69, 9.17) is 0 Å². The van der Waals surface area contributed by atoms with Crippen LogP contribution in [0.25, 0.3) is 0 Å². The van der Waals surface area contributed by atoms with Crippen LogP contribution in [-0.2, 0) is 21.2 Å². The predicted octanol–water partition coefficient (Wildman–Crippen LogP) is 3.58. The molecule has 0 aliphatic rings. The van der Waals surface area contributed by atoms with E-state index in [1.165, 1.54) is 0 Å². The number of nitrogens with zero attached hydrogens (tertiary/aromatic N) is 1. The van der Waals surface area contributed by atoms with Gasteiger partial charge in [0, 0.05) is 5.69 Å². The highest BCUT2D eigenvalue weighted by Crippen LogP contribution is 2.25. The molecule has 0 saturated carbocycles. The number of sulfonamides is 1. The SMILES string of the molecule is CCc1cccc(C)c1NC(=O)CN(c1cc(C)ccc1C)S(C)(=O)=O. The van der Waals surface area contributed by atoms with Crippen molar-refractivity contribution < 1.29 is 13.2 Å². The van der Waals surface area contributed by atoms with E-state index in [2.05, 4.69) is 5.32 Å². The predicted molar refractivity (Wildman–Crippen MR) is 107 cm³/mol. The fraction of sp³-hybridized carbons (Fsp3) is 0.350. The first-order valence-electron chi connectivity index (χ1n) is 8.56. The van der Waals surface area contributed by atoms with Gasteiger partial charge in [0.25, 0.3) is 0 Å². The van der Waals surface area contributed by atoms with E-state index in [1.54, 1.807) is 6.07 Å². The lowest BCUT2D eigenvalue weighted by atomic mass is 10.1. The van der Waals surface area contributed by atoms with Crippen LogP contribution in [0.2, 0.25) is 0 Å². The van der Waals surface area contributed by atoms with E-state index in [-0.39, 0.29) is 12.5 Å². The van der Waals surface area contributed by atoms with E-state index in [9.17, 15) is 13.2 Å². The molecule has 0 spiro atoms. The van der Waals surface area contributed by atoms with Crippen molar-refractivity contribution in [1.82, 2.24) is 0 Å². The third kappa shape index (κ3) is 4.64. The summed E-state index contributed by atoms with van der Waals surface area (Å²) in [5.74, 6) is -0.361. The van der Waals surface area contributed by atoms with Gasteiger partial charge in [-0.1, -0.05) is 37.3 Å². The number of anilines is 2. The van der Waals surface area contributed by atoms with Crippen LogP contribution in [0.4, 0.5) is 11.4 Å². The molecule has 0 unspecified atom stereocenters. The molecular weight excluding hydrogens is 348 g/mol. The topological polar surface area (TPSA) is 66.5 Å². The third-order valence-electron chi connectivity index (χ3n) is 4.33. The van der Waals surface area contributed by atoms with Gasteiger partial charge in [-0.15, -0.1) is 0 Å². The Hall–Kier alpha value is -2.34. The molecule has 2 aromatic rings. The van der Waals surface area contributed by atoms with Gasteiger partial charge in [0.1, 0.15) is 6.54 Å². The summed E-state index contributed by atoms with van der Waals surface area (Å²) < 4.78 is 25.8. The summed E-state index contributed by atoms with van der Waals surface area (Å²) in [6.45, 7) is 7.41. The molecule has 0 radical (unpaired) electrons. The number of carbonyl (C=O) groups is 1. The molecule has 2 rings (SSSR count). The molecule has 0 aromatic heterocycles. The number of aryl methyl sites for hydroxylation is 4. The van der Waals surface area contributed by atoms with Gasteiger partial charge in [-0.25, -0.2) is 8.42 Å². The first kappa shape index (κ1) is 20.0. The number of hydrogen-bond donors (Lipinski definition) is 1. The van der Waals surface area contributed by atoms with Crippen molar-refractivity contribution in [1.29, 1.82) is 0 Å². The molecule has 0 bridgehead atoms. The maximum Gasteiger partial charge on any atom is 0.245 e. The van der Waals surface area contributed by atoms with E-state index >= 15 is 0 Å². The zero-order valence-corrected chi connectivity index (χ0v) is 16.8. The number of para-hydroxylation sites is 1. The Bertz CT molecular complexity index is 921. The molecular formula is C20H26N2O3S. The van der Waals surface area contributed by atoms with Crippen LogP contribution in [-0.4, -0.2) is 27.1 Å². The first-order chi connectivity index (χ1) is 12.1. The highest BCUT2D eigenvalue weighted by atomic mass is 32.2. The van der Waals surface area contributed by atoms with Crippen LogP contribution in [0.3, 0.4) is 0 Å². The van der Waals surface area contributed by atoms with E-state index in [1.807, 2.05) is 58.0 Å². The molecule has 1 amide bonds. The largest absolute Gasteiger partial charge is 0.324 e. The first-order valence-corrected chi connectivity index (χ1v) is 10.4. The van der Waals surface area contributed by atoms with Crippen molar-refractivity contribution in [2.45, 2.75) is 34.1 Å². The van der Waals surface area contributed by atoms with E-state index in [0.717, 1.165) is 44.9 Å². The van der Waals surface area contributed by atoms with Gasteiger partial charge in [0.15, 0.2) is 0 Å². The van der Waals surface area contributed by atoms with Crippen LogP contribution in [0, 0.1) is 20.8 Å². The summed E-state index contributed by atoms with van der Waals surface area (Å²) in [7, 11) is -3.60. The van der Waals surface area contributed by atoms with Crippen molar-refractivity contribution in [2.24, 2.45) is 0 Å². The Labute approximate surface area is 156 Å². The molecule has 0 aliphatic heterocycles. The maximum atomic E-state index is 12.6. The molecule has 26 heavy (non-hydrogen) atoms. The average Bonchev–Trinajstić information content (AvgIpc) is 2.56.